The van der Waals surface area contributed by atoms with Crippen LogP contribution in [0.15, 0.2) is 22.4 Å². The third-order valence-corrected chi connectivity index (χ3v) is 4.40. The summed E-state index contributed by atoms with van der Waals surface area (Å²) in [6.45, 7) is 4.49. The molecular weight excluding hydrogens is 340 g/mol. The van der Waals surface area contributed by atoms with Crippen LogP contribution < -0.4 is 5.32 Å². The maximum absolute atomic E-state index is 5.16. The zero-order valence-corrected chi connectivity index (χ0v) is 14.1. The molecule has 2 heterocycles. The summed E-state index contributed by atoms with van der Waals surface area (Å²) in [5.74, 6) is 0. The van der Waals surface area contributed by atoms with Gasteiger partial charge in [-0.3, -0.25) is 9.67 Å². The second kappa shape index (κ2) is 7.87. The fourth-order valence-corrected chi connectivity index (χ4v) is 3.23. The molecule has 1 N–H and O–H groups in total. The van der Waals surface area contributed by atoms with Crippen LogP contribution in [-0.2, 0) is 11.3 Å². The molecule has 1 atom stereocenters. The highest BCUT2D eigenvalue weighted by atomic mass is 79.9. The SMILES string of the molecule is CCCNC(c1cncs1)c1c(Br)cnn1CCOC. The molecule has 0 bridgehead atoms. The van der Waals surface area contributed by atoms with Crippen molar-refractivity contribution in [2.75, 3.05) is 20.3 Å². The first-order valence-corrected chi connectivity index (χ1v) is 8.27. The normalized spacial score (nSPS) is 12.8. The number of rotatable bonds is 8. The van der Waals surface area contributed by atoms with Gasteiger partial charge in [-0.1, -0.05) is 6.92 Å². The van der Waals surface area contributed by atoms with Crippen molar-refractivity contribution in [3.63, 3.8) is 0 Å². The van der Waals surface area contributed by atoms with Crippen LogP contribution in [0.3, 0.4) is 0 Å². The third kappa shape index (κ3) is 3.66. The number of hydrogen-bond donors (Lipinski definition) is 1. The molecule has 20 heavy (non-hydrogen) atoms. The lowest BCUT2D eigenvalue weighted by Crippen LogP contribution is -2.26. The average molecular weight is 359 g/mol. The summed E-state index contributed by atoms with van der Waals surface area (Å²) in [6.07, 6.45) is 4.84. The number of aromatic nitrogens is 3. The molecule has 0 radical (unpaired) electrons. The lowest BCUT2D eigenvalue weighted by molar-refractivity contribution is 0.182. The summed E-state index contributed by atoms with van der Waals surface area (Å²) in [5.41, 5.74) is 2.99. The van der Waals surface area contributed by atoms with Crippen molar-refractivity contribution < 1.29 is 4.74 Å². The molecule has 110 valence electrons. The van der Waals surface area contributed by atoms with E-state index in [0.29, 0.717) is 6.61 Å². The number of thiazole rings is 1. The van der Waals surface area contributed by atoms with E-state index in [2.05, 4.69) is 38.3 Å². The summed E-state index contributed by atoms with van der Waals surface area (Å²) in [6, 6.07) is 0.108. The van der Waals surface area contributed by atoms with Crippen molar-refractivity contribution >= 4 is 27.3 Å². The van der Waals surface area contributed by atoms with Crippen molar-refractivity contribution in [1.82, 2.24) is 20.1 Å². The second-order valence-corrected chi connectivity index (χ2v) is 6.16. The van der Waals surface area contributed by atoms with Crippen LogP contribution >= 0.6 is 27.3 Å². The summed E-state index contributed by atoms with van der Waals surface area (Å²) < 4.78 is 8.15. The lowest BCUT2D eigenvalue weighted by Gasteiger charge is -2.19. The van der Waals surface area contributed by atoms with E-state index in [1.807, 2.05) is 22.6 Å². The van der Waals surface area contributed by atoms with Crippen LogP contribution in [-0.4, -0.2) is 35.0 Å². The van der Waals surface area contributed by atoms with E-state index in [1.165, 1.54) is 4.88 Å². The first-order chi connectivity index (χ1) is 9.77. The van der Waals surface area contributed by atoms with E-state index >= 15 is 0 Å². The van der Waals surface area contributed by atoms with Gasteiger partial charge in [-0.2, -0.15) is 5.10 Å². The van der Waals surface area contributed by atoms with Gasteiger partial charge in [0.15, 0.2) is 0 Å². The van der Waals surface area contributed by atoms with E-state index in [0.717, 1.165) is 29.7 Å². The van der Waals surface area contributed by atoms with Gasteiger partial charge in [0.25, 0.3) is 0 Å². The second-order valence-electron chi connectivity index (χ2n) is 4.38. The van der Waals surface area contributed by atoms with E-state index in [-0.39, 0.29) is 6.04 Å². The van der Waals surface area contributed by atoms with Gasteiger partial charge in [0.1, 0.15) is 0 Å². The molecule has 0 aromatic carbocycles. The number of hydrogen-bond acceptors (Lipinski definition) is 5. The Kier molecular flexibility index (Phi) is 6.15. The molecule has 2 aromatic rings. The largest absolute Gasteiger partial charge is 0.383 e. The third-order valence-electron chi connectivity index (χ3n) is 2.95. The first kappa shape index (κ1) is 15.6. The molecule has 0 saturated heterocycles. The maximum atomic E-state index is 5.16. The molecule has 2 aromatic heterocycles. The Bertz CT molecular complexity index is 514. The Hall–Kier alpha value is -0.760. The van der Waals surface area contributed by atoms with Crippen LogP contribution in [0.4, 0.5) is 0 Å². The number of methoxy groups -OCH3 is 1. The van der Waals surface area contributed by atoms with Crippen molar-refractivity contribution in [2.45, 2.75) is 25.9 Å². The van der Waals surface area contributed by atoms with Crippen molar-refractivity contribution in [2.24, 2.45) is 0 Å². The van der Waals surface area contributed by atoms with Gasteiger partial charge in [-0.05, 0) is 28.9 Å². The zero-order valence-electron chi connectivity index (χ0n) is 11.7. The molecule has 0 amide bonds. The van der Waals surface area contributed by atoms with Crippen LogP contribution in [0.1, 0.15) is 30.0 Å². The summed E-state index contributed by atoms with van der Waals surface area (Å²) >= 11 is 5.26. The van der Waals surface area contributed by atoms with Crippen LogP contribution in [0.2, 0.25) is 0 Å². The number of halogens is 1. The molecule has 2 rings (SSSR count). The molecule has 7 heteroatoms. The number of ether oxygens (including phenoxy) is 1. The molecule has 0 aliphatic heterocycles. The first-order valence-electron chi connectivity index (χ1n) is 6.59. The van der Waals surface area contributed by atoms with Crippen LogP contribution in [0.5, 0.6) is 0 Å². The molecule has 0 aliphatic rings. The van der Waals surface area contributed by atoms with Gasteiger partial charge in [0.2, 0.25) is 0 Å². The Labute approximate surface area is 131 Å². The average Bonchev–Trinajstić information content (AvgIpc) is 3.09. The van der Waals surface area contributed by atoms with Crippen molar-refractivity contribution in [1.29, 1.82) is 0 Å². The highest BCUT2D eigenvalue weighted by Crippen LogP contribution is 2.30. The monoisotopic (exact) mass is 358 g/mol. The van der Waals surface area contributed by atoms with E-state index in [9.17, 15) is 0 Å². The predicted octanol–water partition coefficient (Wildman–Crippen LogP) is 2.84. The molecule has 0 fully saturated rings. The number of nitrogens with zero attached hydrogens (tertiary/aromatic N) is 3. The van der Waals surface area contributed by atoms with Gasteiger partial charge < -0.3 is 10.1 Å². The number of nitrogens with one attached hydrogen (secondary N) is 1. The predicted molar refractivity (Wildman–Crippen MR) is 84.1 cm³/mol. The summed E-state index contributed by atoms with van der Waals surface area (Å²) in [5, 5.41) is 8.00. The topological polar surface area (TPSA) is 52.0 Å². The van der Waals surface area contributed by atoms with Gasteiger partial charge >= 0.3 is 0 Å². The lowest BCUT2D eigenvalue weighted by atomic mass is 10.1. The van der Waals surface area contributed by atoms with Crippen LogP contribution in [0.25, 0.3) is 0 Å². The highest BCUT2D eigenvalue weighted by Gasteiger charge is 2.22. The molecule has 0 saturated carbocycles. The quantitative estimate of drug-likeness (QED) is 0.788. The molecule has 0 aliphatic carbocycles. The minimum absolute atomic E-state index is 0.108. The standard InChI is InChI=1S/C13H19BrN4OS/c1-3-4-16-12(11-8-15-9-20-11)13-10(14)7-17-18(13)5-6-19-2/h7-9,12,16H,3-6H2,1-2H3. The van der Waals surface area contributed by atoms with Gasteiger partial charge in [0.05, 0.1) is 41.1 Å². The highest BCUT2D eigenvalue weighted by molar-refractivity contribution is 9.10. The van der Waals surface area contributed by atoms with E-state index in [4.69, 9.17) is 4.74 Å². The summed E-state index contributed by atoms with van der Waals surface area (Å²) in [7, 11) is 1.70. The minimum atomic E-state index is 0.108. The molecule has 5 nitrogen and oxygen atoms in total. The van der Waals surface area contributed by atoms with E-state index in [1.54, 1.807) is 18.4 Å². The smallest absolute Gasteiger partial charge is 0.0869 e. The molecule has 1 unspecified atom stereocenters. The van der Waals surface area contributed by atoms with Gasteiger partial charge in [-0.15, -0.1) is 11.3 Å². The molecule has 0 spiro atoms. The summed E-state index contributed by atoms with van der Waals surface area (Å²) in [4.78, 5) is 5.38. The van der Waals surface area contributed by atoms with Gasteiger partial charge in [0, 0.05) is 18.2 Å². The zero-order chi connectivity index (χ0) is 14.4. The Morgan fingerprint density at radius 3 is 3.00 bits per heavy atom. The maximum Gasteiger partial charge on any atom is 0.0869 e. The van der Waals surface area contributed by atoms with Crippen LogP contribution in [0, 0.1) is 0 Å². The van der Waals surface area contributed by atoms with Gasteiger partial charge in [-0.25, -0.2) is 0 Å². The Morgan fingerprint density at radius 2 is 2.35 bits per heavy atom. The minimum Gasteiger partial charge on any atom is -0.383 e. The fraction of sp³-hybridized carbons (Fsp3) is 0.538. The fourth-order valence-electron chi connectivity index (χ4n) is 2.00. The van der Waals surface area contributed by atoms with Crippen molar-refractivity contribution in [3.8, 4) is 0 Å². The molecular formula is C13H19BrN4OS. The Morgan fingerprint density at radius 1 is 1.50 bits per heavy atom. The van der Waals surface area contributed by atoms with E-state index < -0.39 is 0 Å². The Balaban J connectivity index is 2.30. The van der Waals surface area contributed by atoms with Crippen molar-refractivity contribution in [3.05, 3.63) is 32.9 Å².